The van der Waals surface area contributed by atoms with Crippen molar-refractivity contribution >= 4 is 15.4 Å². The van der Waals surface area contributed by atoms with Crippen LogP contribution in [0.15, 0.2) is 21.9 Å². The van der Waals surface area contributed by atoms with E-state index in [0.29, 0.717) is 6.66 Å². The first-order valence-electron chi connectivity index (χ1n) is 6.68. The molecule has 6 atom stereocenters. The smallest absolute Gasteiger partial charge is 0.330 e. The zero-order valence-corrected chi connectivity index (χ0v) is 14.4. The second-order valence-corrected chi connectivity index (χ2v) is 8.51. The van der Waals surface area contributed by atoms with E-state index in [1.54, 1.807) is 0 Å². The minimum Gasteiger partial charge on any atom is -0.778 e. The number of aliphatic hydroxyl groups is 2. The number of rotatable bonds is 6. The lowest BCUT2D eigenvalue weighted by molar-refractivity contribution is -0.233. The predicted octanol–water partition coefficient (Wildman–Crippen LogP) is -3.16. The van der Waals surface area contributed by atoms with Gasteiger partial charge in [-0.25, -0.2) is 4.79 Å². The van der Waals surface area contributed by atoms with Crippen LogP contribution in [0.3, 0.4) is 0 Å². The Kier molecular flexibility index (Phi) is 5.84. The molecule has 2 heterocycles. The quantitative estimate of drug-likeness (QED) is 0.407. The molecule has 2 rings (SSSR count). The van der Waals surface area contributed by atoms with Crippen molar-refractivity contribution in [3.8, 4) is 0 Å². The minimum absolute atomic E-state index is 0.518. The molecule has 0 spiro atoms. The number of phosphoric ester groups is 1. The van der Waals surface area contributed by atoms with Crippen molar-refractivity contribution in [2.75, 3.05) is 13.3 Å². The Balaban J connectivity index is 2.09. The average molecular weight is 400 g/mol. The first-order valence-corrected chi connectivity index (χ1v) is 10.1. The molecule has 142 valence electrons. The third-order valence-corrected chi connectivity index (χ3v) is 5.56. The Labute approximate surface area is 139 Å². The van der Waals surface area contributed by atoms with Gasteiger partial charge in [0.25, 0.3) is 13.4 Å². The summed E-state index contributed by atoms with van der Waals surface area (Å²) < 4.78 is 36.2. The topological polar surface area (TPSA) is 203 Å². The first-order chi connectivity index (χ1) is 11.4. The van der Waals surface area contributed by atoms with Gasteiger partial charge >= 0.3 is 5.69 Å². The van der Waals surface area contributed by atoms with Crippen LogP contribution in [0, 0.1) is 0 Å². The van der Waals surface area contributed by atoms with Crippen molar-refractivity contribution in [1.82, 2.24) is 9.55 Å². The summed E-state index contributed by atoms with van der Waals surface area (Å²) in [4.78, 5) is 46.8. The number of H-pyrrole nitrogens is 1. The molecule has 0 saturated carbocycles. The summed E-state index contributed by atoms with van der Waals surface area (Å²) in [5.74, 6) is 0. The van der Waals surface area contributed by atoms with E-state index in [0.717, 1.165) is 16.8 Å². The summed E-state index contributed by atoms with van der Waals surface area (Å²) in [7, 11) is -9.86. The largest absolute Gasteiger partial charge is 0.778 e. The van der Waals surface area contributed by atoms with Crippen LogP contribution in [-0.4, -0.2) is 51.3 Å². The Morgan fingerprint density at radius 2 is 1.96 bits per heavy atom. The Bertz CT molecular complexity index is 829. The lowest BCUT2D eigenvalue weighted by Crippen LogP contribution is -2.37. The van der Waals surface area contributed by atoms with Gasteiger partial charge < -0.3 is 33.8 Å². The molecule has 1 aromatic heterocycles. The fourth-order valence-corrected chi connectivity index (χ4v) is 4.07. The molecule has 0 aromatic carbocycles. The van der Waals surface area contributed by atoms with Crippen LogP contribution in [0.5, 0.6) is 0 Å². The van der Waals surface area contributed by atoms with Crippen LogP contribution >= 0.6 is 15.4 Å². The maximum Gasteiger partial charge on any atom is 0.330 e. The van der Waals surface area contributed by atoms with Crippen LogP contribution in [0.25, 0.3) is 0 Å². The maximum absolute atomic E-state index is 11.7. The summed E-state index contributed by atoms with van der Waals surface area (Å²) in [6.45, 7) is -0.363. The van der Waals surface area contributed by atoms with E-state index in [1.807, 2.05) is 4.98 Å². The van der Waals surface area contributed by atoms with Gasteiger partial charge in [-0.3, -0.25) is 23.2 Å². The highest BCUT2D eigenvalue weighted by molar-refractivity contribution is 7.62. The fraction of sp³-hybridized carbons (Fsp3) is 0.600. The Hall–Kier alpha value is -1.14. The van der Waals surface area contributed by atoms with Gasteiger partial charge in [0.2, 0.25) is 0 Å². The number of aromatic nitrogens is 2. The first kappa shape index (κ1) is 20.2. The summed E-state index contributed by atoms with van der Waals surface area (Å²) in [6, 6.07) is 0.973. The third kappa shape index (κ3) is 5.17. The molecule has 25 heavy (non-hydrogen) atoms. The number of hydrogen-bond donors (Lipinski definition) is 3. The van der Waals surface area contributed by atoms with Gasteiger partial charge in [0.05, 0.1) is 6.61 Å². The van der Waals surface area contributed by atoms with Gasteiger partial charge in [-0.05, 0) is 0 Å². The zero-order chi connectivity index (χ0) is 19.0. The number of phosphoric acid groups is 1. The van der Waals surface area contributed by atoms with Crippen LogP contribution in [0.2, 0.25) is 0 Å². The van der Waals surface area contributed by atoms with Gasteiger partial charge in [0.15, 0.2) is 6.23 Å². The van der Waals surface area contributed by atoms with E-state index in [1.165, 1.54) is 0 Å². The van der Waals surface area contributed by atoms with Gasteiger partial charge in [0.1, 0.15) is 25.9 Å². The molecule has 1 fully saturated rings. The molecule has 0 radical (unpaired) electrons. The van der Waals surface area contributed by atoms with Crippen LogP contribution in [0.4, 0.5) is 0 Å². The van der Waals surface area contributed by atoms with Crippen molar-refractivity contribution < 1.29 is 42.7 Å². The Morgan fingerprint density at radius 1 is 1.32 bits per heavy atom. The molecule has 1 saturated heterocycles. The molecule has 0 amide bonds. The van der Waals surface area contributed by atoms with Crippen molar-refractivity contribution in [2.24, 2.45) is 0 Å². The van der Waals surface area contributed by atoms with E-state index in [9.17, 15) is 38.7 Å². The number of nitrogens with one attached hydrogen (secondary N) is 1. The normalized spacial score (nSPS) is 31.4. The highest BCUT2D eigenvalue weighted by Crippen LogP contribution is 2.53. The van der Waals surface area contributed by atoms with Gasteiger partial charge in [-0.15, -0.1) is 0 Å². The monoisotopic (exact) mass is 400 g/mol. The summed E-state index contributed by atoms with van der Waals surface area (Å²) in [6.07, 6.45) is -5.16. The van der Waals surface area contributed by atoms with E-state index in [4.69, 9.17) is 4.74 Å². The molecule has 1 aliphatic rings. The fourth-order valence-electron chi connectivity index (χ4n) is 2.09. The molecule has 13 nitrogen and oxygen atoms in total. The van der Waals surface area contributed by atoms with Crippen molar-refractivity contribution in [1.29, 1.82) is 0 Å². The second kappa shape index (κ2) is 7.23. The minimum atomic E-state index is -5.23. The van der Waals surface area contributed by atoms with E-state index >= 15 is 0 Å². The summed E-state index contributed by atoms with van der Waals surface area (Å²) in [5.41, 5.74) is -1.62. The van der Waals surface area contributed by atoms with Crippen LogP contribution in [0.1, 0.15) is 6.23 Å². The zero-order valence-electron chi connectivity index (χ0n) is 12.6. The lowest BCUT2D eigenvalue weighted by atomic mass is 10.1. The molecule has 3 unspecified atom stereocenters. The lowest BCUT2D eigenvalue weighted by Gasteiger charge is -2.29. The van der Waals surface area contributed by atoms with Gasteiger partial charge in [-0.1, -0.05) is 0 Å². The molecule has 15 heteroatoms. The van der Waals surface area contributed by atoms with Crippen molar-refractivity contribution in [3.63, 3.8) is 0 Å². The highest BCUT2D eigenvalue weighted by Gasteiger charge is 2.44. The summed E-state index contributed by atoms with van der Waals surface area (Å²) in [5, 5.41) is 19.8. The van der Waals surface area contributed by atoms with Crippen molar-refractivity contribution in [3.05, 3.63) is 33.1 Å². The van der Waals surface area contributed by atoms with E-state index in [2.05, 4.69) is 8.83 Å². The van der Waals surface area contributed by atoms with Crippen LogP contribution in [-0.2, 0) is 22.7 Å². The molecule has 3 N–H and O–H groups in total. The number of nitrogens with zero attached hydrogens (tertiary/aromatic N) is 1. The number of aromatic amines is 1. The molecular formula is C10H14N2O11P2-2. The number of aliphatic hydroxyl groups excluding tert-OH is 2. The highest BCUT2D eigenvalue weighted by atomic mass is 31.3. The number of ether oxygens (including phenoxy) is 1. The molecule has 0 bridgehead atoms. The second-order valence-electron chi connectivity index (χ2n) is 5.16. The SMILES string of the molecule is CP(=O)([O-])OP(=O)([O-])OC[C@H]1O[C@@H](n2ccc(=O)[nH]c2=O)C(O)[C@H]1O. The van der Waals surface area contributed by atoms with Crippen LogP contribution < -0.4 is 21.0 Å². The Morgan fingerprint density at radius 3 is 2.52 bits per heavy atom. The summed E-state index contributed by atoms with van der Waals surface area (Å²) >= 11 is 0. The standard InChI is InChI=1S/C10H16N2O11P2/c1-24(17,18)23-25(19,20)21-4-5-7(14)8(15)9(22-5)12-3-2-6(13)11-10(12)16/h2-3,5,7-9,14-15H,4H2,1H3,(H,17,18)(H,19,20)(H,11,13,16)/p-2/t5-,7+,8?,9-/m1/s1. The molecular weight excluding hydrogens is 386 g/mol. The maximum atomic E-state index is 11.7. The number of hydrogen-bond acceptors (Lipinski definition) is 11. The molecule has 0 aliphatic carbocycles. The van der Waals surface area contributed by atoms with Gasteiger partial charge in [-0.2, -0.15) is 0 Å². The van der Waals surface area contributed by atoms with Crippen molar-refractivity contribution in [2.45, 2.75) is 24.5 Å². The van der Waals surface area contributed by atoms with E-state index in [-0.39, 0.29) is 0 Å². The molecule has 1 aliphatic heterocycles. The average Bonchev–Trinajstić information content (AvgIpc) is 2.71. The third-order valence-electron chi connectivity index (χ3n) is 3.11. The van der Waals surface area contributed by atoms with E-state index < -0.39 is 57.8 Å². The molecule has 1 aromatic rings. The van der Waals surface area contributed by atoms with Gasteiger partial charge in [0, 0.05) is 18.9 Å². The predicted molar refractivity (Wildman–Crippen MR) is 75.4 cm³/mol.